The molecule has 2 aromatic rings. The zero-order valence-corrected chi connectivity index (χ0v) is 10.8. The van der Waals surface area contributed by atoms with Crippen LogP contribution in [0.1, 0.15) is 29.4 Å². The van der Waals surface area contributed by atoms with E-state index in [9.17, 15) is 4.79 Å². The van der Waals surface area contributed by atoms with Gasteiger partial charge in [0.05, 0.1) is 6.42 Å². The van der Waals surface area contributed by atoms with E-state index in [1.165, 1.54) is 6.33 Å². The number of rotatable bonds is 6. The second kappa shape index (κ2) is 6.67. The molecule has 0 saturated heterocycles. The Bertz CT molecular complexity index is 559. The van der Waals surface area contributed by atoms with Crippen molar-refractivity contribution < 1.29 is 9.90 Å². The predicted molar refractivity (Wildman–Crippen MR) is 70.7 cm³/mol. The van der Waals surface area contributed by atoms with Crippen LogP contribution in [-0.4, -0.2) is 31.5 Å². The third-order valence-corrected chi connectivity index (χ3v) is 2.89. The standard InChI is InChI=1S/C13H15N5O2/c14-11(7-13(19)20)10-4-1-9(2-5-10)3-6-12-17-15-8-16-18-12/h1-2,4-5,8,11H,3,6-7,14H2,(H,19,20). The van der Waals surface area contributed by atoms with Crippen molar-refractivity contribution in [2.75, 3.05) is 0 Å². The molecule has 0 aliphatic heterocycles. The lowest BCUT2D eigenvalue weighted by atomic mass is 10.0. The van der Waals surface area contributed by atoms with Crippen LogP contribution in [-0.2, 0) is 17.6 Å². The van der Waals surface area contributed by atoms with Crippen LogP contribution >= 0.6 is 0 Å². The van der Waals surface area contributed by atoms with Crippen LogP contribution in [0.15, 0.2) is 30.6 Å². The maximum absolute atomic E-state index is 10.6. The predicted octanol–water partition coefficient (Wildman–Crippen LogP) is 0.526. The van der Waals surface area contributed by atoms with Crippen molar-refractivity contribution in [3.63, 3.8) is 0 Å². The van der Waals surface area contributed by atoms with E-state index in [0.29, 0.717) is 12.2 Å². The molecule has 1 aromatic heterocycles. The van der Waals surface area contributed by atoms with Crippen molar-refractivity contribution in [1.82, 2.24) is 20.4 Å². The highest BCUT2D eigenvalue weighted by Gasteiger charge is 2.10. The highest BCUT2D eigenvalue weighted by molar-refractivity contribution is 5.67. The molecule has 104 valence electrons. The normalized spacial score (nSPS) is 12.1. The van der Waals surface area contributed by atoms with Gasteiger partial charge in [-0.05, 0) is 17.5 Å². The van der Waals surface area contributed by atoms with E-state index in [1.54, 1.807) is 0 Å². The van der Waals surface area contributed by atoms with E-state index in [0.717, 1.165) is 17.5 Å². The number of aryl methyl sites for hydroxylation is 2. The molecule has 0 aliphatic carbocycles. The molecule has 20 heavy (non-hydrogen) atoms. The smallest absolute Gasteiger partial charge is 0.305 e. The molecule has 0 bridgehead atoms. The first-order valence-electron chi connectivity index (χ1n) is 6.20. The number of aromatic nitrogens is 4. The number of carboxylic acids is 1. The van der Waals surface area contributed by atoms with Crippen LogP contribution in [0.2, 0.25) is 0 Å². The third kappa shape index (κ3) is 4.06. The zero-order chi connectivity index (χ0) is 14.4. The van der Waals surface area contributed by atoms with Crippen molar-refractivity contribution >= 4 is 5.97 Å². The lowest BCUT2D eigenvalue weighted by Crippen LogP contribution is -2.14. The van der Waals surface area contributed by atoms with Crippen molar-refractivity contribution in [2.24, 2.45) is 5.73 Å². The van der Waals surface area contributed by atoms with Gasteiger partial charge in [0.25, 0.3) is 0 Å². The first-order chi connectivity index (χ1) is 9.65. The summed E-state index contributed by atoms with van der Waals surface area (Å²) in [6.07, 6.45) is 2.64. The Kier molecular flexibility index (Phi) is 4.67. The Hall–Kier alpha value is -2.41. The molecule has 1 atom stereocenters. The third-order valence-electron chi connectivity index (χ3n) is 2.89. The molecule has 2 rings (SSSR count). The van der Waals surface area contributed by atoms with E-state index in [4.69, 9.17) is 10.8 Å². The van der Waals surface area contributed by atoms with E-state index < -0.39 is 12.0 Å². The molecule has 0 amide bonds. The zero-order valence-electron chi connectivity index (χ0n) is 10.8. The molecule has 1 unspecified atom stereocenters. The summed E-state index contributed by atoms with van der Waals surface area (Å²) in [4.78, 5) is 10.6. The van der Waals surface area contributed by atoms with Gasteiger partial charge in [-0.2, -0.15) is 0 Å². The lowest BCUT2D eigenvalue weighted by molar-refractivity contribution is -0.137. The Balaban J connectivity index is 1.93. The SMILES string of the molecule is NC(CC(=O)O)c1ccc(CCc2nncnn2)cc1. The molecular formula is C13H15N5O2. The highest BCUT2D eigenvalue weighted by atomic mass is 16.4. The molecular weight excluding hydrogens is 258 g/mol. The van der Waals surface area contributed by atoms with E-state index in [-0.39, 0.29) is 6.42 Å². The van der Waals surface area contributed by atoms with Crippen LogP contribution in [0.3, 0.4) is 0 Å². The number of nitrogens with two attached hydrogens (primary N) is 1. The fourth-order valence-electron chi connectivity index (χ4n) is 1.82. The number of carbonyl (C=O) groups is 1. The van der Waals surface area contributed by atoms with Gasteiger partial charge in [0, 0.05) is 12.5 Å². The van der Waals surface area contributed by atoms with Gasteiger partial charge in [-0.3, -0.25) is 4.79 Å². The molecule has 1 aromatic carbocycles. The number of hydrogen-bond acceptors (Lipinski definition) is 6. The second-order valence-corrected chi connectivity index (χ2v) is 4.41. The van der Waals surface area contributed by atoms with Crippen molar-refractivity contribution in [2.45, 2.75) is 25.3 Å². The topological polar surface area (TPSA) is 115 Å². The summed E-state index contributed by atoms with van der Waals surface area (Å²) in [5.41, 5.74) is 7.71. The Morgan fingerprint density at radius 1 is 1.15 bits per heavy atom. The Morgan fingerprint density at radius 3 is 2.40 bits per heavy atom. The van der Waals surface area contributed by atoms with Gasteiger partial charge in [-0.25, -0.2) is 0 Å². The average molecular weight is 273 g/mol. The largest absolute Gasteiger partial charge is 0.481 e. The lowest BCUT2D eigenvalue weighted by Gasteiger charge is -2.10. The summed E-state index contributed by atoms with van der Waals surface area (Å²) in [6.45, 7) is 0. The van der Waals surface area contributed by atoms with Crippen molar-refractivity contribution in [1.29, 1.82) is 0 Å². The maximum atomic E-state index is 10.6. The first-order valence-corrected chi connectivity index (χ1v) is 6.20. The van der Waals surface area contributed by atoms with Crippen LogP contribution in [0.25, 0.3) is 0 Å². The van der Waals surface area contributed by atoms with Gasteiger partial charge < -0.3 is 10.8 Å². The van der Waals surface area contributed by atoms with Gasteiger partial charge in [0.2, 0.25) is 0 Å². The molecule has 0 saturated carbocycles. The van der Waals surface area contributed by atoms with E-state index in [1.807, 2.05) is 24.3 Å². The van der Waals surface area contributed by atoms with Gasteiger partial charge in [-0.1, -0.05) is 24.3 Å². The summed E-state index contributed by atoms with van der Waals surface area (Å²) < 4.78 is 0. The van der Waals surface area contributed by atoms with E-state index in [2.05, 4.69) is 20.4 Å². The quantitative estimate of drug-likeness (QED) is 0.788. The Morgan fingerprint density at radius 2 is 1.80 bits per heavy atom. The molecule has 0 spiro atoms. The van der Waals surface area contributed by atoms with Crippen LogP contribution < -0.4 is 5.73 Å². The minimum atomic E-state index is -0.900. The number of hydrogen-bond donors (Lipinski definition) is 2. The molecule has 3 N–H and O–H groups in total. The van der Waals surface area contributed by atoms with Gasteiger partial charge >= 0.3 is 5.97 Å². The molecule has 1 heterocycles. The van der Waals surface area contributed by atoms with E-state index >= 15 is 0 Å². The first kappa shape index (κ1) is 14.0. The summed E-state index contributed by atoms with van der Waals surface area (Å²) in [5.74, 6) is -0.304. The minimum Gasteiger partial charge on any atom is -0.481 e. The molecule has 7 heteroatoms. The second-order valence-electron chi connectivity index (χ2n) is 4.41. The fraction of sp³-hybridized carbons (Fsp3) is 0.308. The number of benzene rings is 1. The summed E-state index contributed by atoms with van der Waals surface area (Å²) >= 11 is 0. The molecule has 7 nitrogen and oxygen atoms in total. The molecule has 0 aliphatic rings. The summed E-state index contributed by atoms with van der Waals surface area (Å²) in [7, 11) is 0. The van der Waals surface area contributed by atoms with Gasteiger partial charge in [0.1, 0.15) is 0 Å². The van der Waals surface area contributed by atoms with Crippen LogP contribution in [0.4, 0.5) is 0 Å². The number of nitrogens with zero attached hydrogens (tertiary/aromatic N) is 4. The monoisotopic (exact) mass is 273 g/mol. The minimum absolute atomic E-state index is 0.0749. The molecule has 0 radical (unpaired) electrons. The summed E-state index contributed by atoms with van der Waals surface area (Å²) in [6, 6.07) is 7.09. The fourth-order valence-corrected chi connectivity index (χ4v) is 1.82. The van der Waals surface area contributed by atoms with Crippen molar-refractivity contribution in [3.8, 4) is 0 Å². The maximum Gasteiger partial charge on any atom is 0.305 e. The van der Waals surface area contributed by atoms with Crippen molar-refractivity contribution in [3.05, 3.63) is 47.5 Å². The average Bonchev–Trinajstić information content (AvgIpc) is 2.46. The van der Waals surface area contributed by atoms with Crippen LogP contribution in [0.5, 0.6) is 0 Å². The van der Waals surface area contributed by atoms with Gasteiger partial charge in [-0.15, -0.1) is 20.4 Å². The van der Waals surface area contributed by atoms with Crippen LogP contribution in [0, 0.1) is 0 Å². The van der Waals surface area contributed by atoms with Gasteiger partial charge in [0.15, 0.2) is 12.2 Å². The molecule has 0 fully saturated rings. The number of carboxylic acid groups (broad SMARTS) is 1. The Labute approximate surface area is 115 Å². The highest BCUT2D eigenvalue weighted by Crippen LogP contribution is 2.15. The summed E-state index contributed by atoms with van der Waals surface area (Å²) in [5, 5.41) is 23.8. The number of aliphatic carboxylic acids is 1.